The van der Waals surface area contributed by atoms with Gasteiger partial charge < -0.3 is 42.7 Å². The molecule has 0 aliphatic heterocycles. The summed E-state index contributed by atoms with van der Waals surface area (Å²) in [4.78, 5) is 59.7. The maximum Gasteiger partial charge on any atom is 0.326 e. The van der Waals surface area contributed by atoms with Gasteiger partial charge in [0.2, 0.25) is 17.7 Å². The number of unbranched alkanes of at least 4 members (excludes halogenated alkanes) is 1. The van der Waals surface area contributed by atoms with Crippen LogP contribution in [0.5, 0.6) is 0 Å². The van der Waals surface area contributed by atoms with E-state index < -0.39 is 66.9 Å². The van der Waals surface area contributed by atoms with E-state index >= 15 is 0 Å². The van der Waals surface area contributed by atoms with E-state index in [1.165, 1.54) is 11.8 Å². The molecule has 0 radical (unpaired) electrons. The lowest BCUT2D eigenvalue weighted by molar-refractivity contribution is -0.143. The molecule has 0 aromatic heterocycles. The van der Waals surface area contributed by atoms with Crippen molar-refractivity contribution in [1.82, 2.24) is 16.0 Å². The second-order valence-electron chi connectivity index (χ2n) is 7.31. The lowest BCUT2D eigenvalue weighted by Gasteiger charge is -2.25. The van der Waals surface area contributed by atoms with E-state index in [-0.39, 0.29) is 19.3 Å². The van der Waals surface area contributed by atoms with Gasteiger partial charge in [0.1, 0.15) is 24.2 Å². The Hall–Kier alpha value is -2.42. The predicted molar refractivity (Wildman–Crippen MR) is 121 cm³/mol. The molecule has 0 unspecified atom stereocenters. The average Bonchev–Trinajstić information content (AvgIpc) is 2.77. The minimum atomic E-state index is -1.44. The number of carbonyl (C=O) groups is 5. The van der Waals surface area contributed by atoms with Gasteiger partial charge >= 0.3 is 11.9 Å². The van der Waals surface area contributed by atoms with Crippen LogP contribution < -0.4 is 27.4 Å². The summed E-state index contributed by atoms with van der Waals surface area (Å²) in [5.41, 5.74) is 11.0. The van der Waals surface area contributed by atoms with Crippen LogP contribution in [0.25, 0.3) is 0 Å². The largest absolute Gasteiger partial charge is 0.481 e. The van der Waals surface area contributed by atoms with Crippen molar-refractivity contribution < 1.29 is 39.3 Å². The summed E-state index contributed by atoms with van der Waals surface area (Å²) in [6, 6.07) is -4.83. The first-order valence-corrected chi connectivity index (χ1v) is 11.9. The van der Waals surface area contributed by atoms with Crippen LogP contribution in [-0.2, 0) is 24.0 Å². The normalized spacial score (nSPS) is 14.4. The number of hydrogen-bond acceptors (Lipinski definition) is 9. The molecule has 0 aliphatic carbocycles. The maximum absolute atomic E-state index is 12.9. The molecule has 0 fully saturated rings. The number of aliphatic hydroxyl groups excluding tert-OH is 1. The number of rotatable bonds is 18. The van der Waals surface area contributed by atoms with Gasteiger partial charge in [0.15, 0.2) is 0 Å². The Morgan fingerprint density at radius 1 is 0.848 bits per heavy atom. The summed E-state index contributed by atoms with van der Waals surface area (Å²) in [6.45, 7) is -0.237. The second kappa shape index (κ2) is 17.1. The van der Waals surface area contributed by atoms with E-state index in [4.69, 9.17) is 21.7 Å². The molecule has 4 atom stereocenters. The molecule has 0 bridgehead atoms. The zero-order valence-corrected chi connectivity index (χ0v) is 19.4. The number of thioether (sulfide) groups is 1. The fraction of sp³-hybridized carbons (Fsp3) is 0.737. The third kappa shape index (κ3) is 13.0. The number of nitrogens with two attached hydrogens (primary N) is 2. The highest BCUT2D eigenvalue weighted by molar-refractivity contribution is 7.98. The third-order valence-corrected chi connectivity index (χ3v) is 5.26. The zero-order chi connectivity index (χ0) is 25.4. The Morgan fingerprint density at radius 2 is 1.39 bits per heavy atom. The summed E-state index contributed by atoms with van der Waals surface area (Å²) in [5, 5.41) is 34.3. The number of carboxylic acids is 2. The highest BCUT2D eigenvalue weighted by Gasteiger charge is 2.30. The number of aliphatic carboxylic acids is 2. The molecular weight excluding hydrogens is 458 g/mol. The van der Waals surface area contributed by atoms with Gasteiger partial charge in [-0.05, 0) is 50.7 Å². The SMILES string of the molecule is CSCC[C@H](NC(=O)[C@H](CCCCN)NC(=O)[C@@H](N)CO)C(=O)N[C@@H](CCC(=O)O)C(=O)O. The van der Waals surface area contributed by atoms with Crippen LogP contribution in [0.4, 0.5) is 0 Å². The van der Waals surface area contributed by atoms with Crippen LogP contribution in [0.15, 0.2) is 0 Å². The van der Waals surface area contributed by atoms with Crippen molar-refractivity contribution in [3.63, 3.8) is 0 Å². The lowest BCUT2D eigenvalue weighted by atomic mass is 10.1. The molecule has 190 valence electrons. The molecule has 14 heteroatoms. The topological polar surface area (TPSA) is 234 Å². The summed E-state index contributed by atoms with van der Waals surface area (Å²) < 4.78 is 0. The number of carboxylic acid groups (broad SMARTS) is 2. The van der Waals surface area contributed by atoms with Crippen molar-refractivity contribution in [2.45, 2.75) is 62.7 Å². The minimum Gasteiger partial charge on any atom is -0.481 e. The lowest BCUT2D eigenvalue weighted by Crippen LogP contribution is -2.57. The number of hydrogen-bond donors (Lipinski definition) is 8. The molecule has 0 aromatic rings. The van der Waals surface area contributed by atoms with E-state index in [0.717, 1.165) is 0 Å². The van der Waals surface area contributed by atoms with E-state index in [0.29, 0.717) is 25.1 Å². The molecule has 33 heavy (non-hydrogen) atoms. The van der Waals surface area contributed by atoms with Crippen molar-refractivity contribution in [2.75, 3.05) is 25.2 Å². The Bertz CT molecular complexity index is 666. The number of aliphatic hydroxyl groups is 1. The molecule has 0 heterocycles. The third-order valence-electron chi connectivity index (χ3n) is 4.62. The number of nitrogens with one attached hydrogen (secondary N) is 3. The van der Waals surface area contributed by atoms with Gasteiger partial charge in [0.25, 0.3) is 0 Å². The summed E-state index contributed by atoms with van der Waals surface area (Å²) in [5.74, 6) is -4.34. The van der Waals surface area contributed by atoms with Crippen LogP contribution in [0.1, 0.15) is 38.5 Å². The molecule has 13 nitrogen and oxygen atoms in total. The molecular formula is C19H35N5O8S. The van der Waals surface area contributed by atoms with Crippen molar-refractivity contribution >= 4 is 41.4 Å². The Kier molecular flexibility index (Phi) is 15.9. The molecule has 0 spiro atoms. The van der Waals surface area contributed by atoms with Gasteiger partial charge in [0.05, 0.1) is 6.61 Å². The monoisotopic (exact) mass is 493 g/mol. The zero-order valence-electron chi connectivity index (χ0n) is 18.6. The highest BCUT2D eigenvalue weighted by atomic mass is 32.2. The maximum atomic E-state index is 12.9. The van der Waals surface area contributed by atoms with Crippen LogP contribution in [0.2, 0.25) is 0 Å². The van der Waals surface area contributed by atoms with Crippen molar-refractivity contribution in [3.8, 4) is 0 Å². The van der Waals surface area contributed by atoms with Crippen LogP contribution in [0, 0.1) is 0 Å². The van der Waals surface area contributed by atoms with E-state index in [1.54, 1.807) is 6.26 Å². The van der Waals surface area contributed by atoms with E-state index in [9.17, 15) is 29.1 Å². The fourth-order valence-corrected chi connectivity index (χ4v) is 3.17. The van der Waals surface area contributed by atoms with Crippen molar-refractivity contribution in [1.29, 1.82) is 0 Å². The average molecular weight is 494 g/mol. The standard InChI is InChI=1S/C19H35N5O8S/c1-33-9-7-13(18(30)24-14(19(31)32)5-6-15(26)27)23-17(29)12(4-2-3-8-20)22-16(28)11(21)10-25/h11-14,25H,2-10,20-21H2,1H3,(H,22,28)(H,23,29)(H,24,30)(H,26,27)(H,31,32)/t11-,12-,13-,14-/m0/s1. The Balaban J connectivity index is 5.40. The number of amides is 3. The van der Waals surface area contributed by atoms with E-state index in [2.05, 4.69) is 16.0 Å². The van der Waals surface area contributed by atoms with Gasteiger partial charge in [-0.1, -0.05) is 0 Å². The predicted octanol–water partition coefficient (Wildman–Crippen LogP) is -2.41. The van der Waals surface area contributed by atoms with Crippen LogP contribution in [0.3, 0.4) is 0 Å². The van der Waals surface area contributed by atoms with Gasteiger partial charge in [-0.3, -0.25) is 19.2 Å². The minimum absolute atomic E-state index is 0.170. The second-order valence-corrected chi connectivity index (χ2v) is 8.29. The molecule has 0 saturated carbocycles. The molecule has 0 aromatic carbocycles. The summed E-state index contributed by atoms with van der Waals surface area (Å²) in [6.07, 6.45) is 2.47. The molecule has 0 rings (SSSR count). The Labute approximate surface area is 196 Å². The first kappa shape index (κ1) is 30.6. The van der Waals surface area contributed by atoms with Crippen molar-refractivity contribution in [3.05, 3.63) is 0 Å². The Morgan fingerprint density at radius 3 is 1.88 bits per heavy atom. The molecule has 0 aliphatic rings. The smallest absolute Gasteiger partial charge is 0.326 e. The first-order valence-electron chi connectivity index (χ1n) is 10.5. The molecule has 10 N–H and O–H groups in total. The van der Waals surface area contributed by atoms with Crippen LogP contribution >= 0.6 is 11.8 Å². The molecule has 0 saturated heterocycles. The molecule has 3 amide bonds. The van der Waals surface area contributed by atoms with E-state index in [1.807, 2.05) is 0 Å². The van der Waals surface area contributed by atoms with Crippen molar-refractivity contribution in [2.24, 2.45) is 11.5 Å². The number of carbonyl (C=O) groups excluding carboxylic acids is 3. The van der Waals surface area contributed by atoms with Gasteiger partial charge in [0, 0.05) is 6.42 Å². The van der Waals surface area contributed by atoms with Gasteiger partial charge in [-0.15, -0.1) is 0 Å². The first-order chi connectivity index (χ1) is 15.6. The van der Waals surface area contributed by atoms with Gasteiger partial charge in [-0.2, -0.15) is 11.8 Å². The highest BCUT2D eigenvalue weighted by Crippen LogP contribution is 2.07. The summed E-state index contributed by atoms with van der Waals surface area (Å²) >= 11 is 1.40. The van der Waals surface area contributed by atoms with Crippen LogP contribution in [-0.4, -0.2) is 94.3 Å². The van der Waals surface area contributed by atoms with Gasteiger partial charge in [-0.25, -0.2) is 4.79 Å². The summed E-state index contributed by atoms with van der Waals surface area (Å²) in [7, 11) is 0. The quantitative estimate of drug-likeness (QED) is 0.0936. The fourth-order valence-electron chi connectivity index (χ4n) is 2.70.